The zero-order chi connectivity index (χ0) is 14.5. The first kappa shape index (κ1) is 15.1. The van der Waals surface area contributed by atoms with Gasteiger partial charge >= 0.3 is 0 Å². The average Bonchev–Trinajstić information content (AvgIpc) is 2.58. The summed E-state index contributed by atoms with van der Waals surface area (Å²) in [7, 11) is 0. The topological polar surface area (TPSA) is 49.4 Å². The lowest BCUT2D eigenvalue weighted by atomic mass is 9.83. The molecule has 20 heavy (non-hydrogen) atoms. The fraction of sp³-hybridized carbons (Fsp3) is 0.750. The molecular weight excluding hydrogens is 252 g/mol. The molecule has 0 bridgehead atoms. The van der Waals surface area contributed by atoms with E-state index in [-0.39, 0.29) is 17.9 Å². The van der Waals surface area contributed by atoms with E-state index in [1.165, 1.54) is 24.8 Å². The van der Waals surface area contributed by atoms with Crippen LogP contribution in [0, 0.1) is 5.92 Å². The molecule has 0 aromatic carbocycles. The van der Waals surface area contributed by atoms with E-state index in [2.05, 4.69) is 11.4 Å². The van der Waals surface area contributed by atoms with Crippen molar-refractivity contribution >= 4 is 11.8 Å². The Kier molecular flexibility index (Phi) is 5.21. The van der Waals surface area contributed by atoms with Crippen molar-refractivity contribution < 1.29 is 9.59 Å². The van der Waals surface area contributed by atoms with Crippen LogP contribution >= 0.6 is 0 Å². The third kappa shape index (κ3) is 3.84. The molecule has 2 amide bonds. The molecule has 1 atom stereocenters. The lowest BCUT2D eigenvalue weighted by molar-refractivity contribution is -0.135. The number of rotatable bonds is 3. The number of amides is 2. The number of carbonyl (C=O) groups excluding carboxylic acids is 2. The monoisotopic (exact) mass is 278 g/mol. The van der Waals surface area contributed by atoms with Crippen molar-refractivity contribution in [1.82, 2.24) is 10.2 Å². The van der Waals surface area contributed by atoms with E-state index in [0.717, 1.165) is 12.8 Å². The maximum absolute atomic E-state index is 12.7. The summed E-state index contributed by atoms with van der Waals surface area (Å²) in [6.07, 6.45) is 8.22. The lowest BCUT2D eigenvalue weighted by Crippen LogP contribution is -2.49. The van der Waals surface area contributed by atoms with Gasteiger partial charge in [0.05, 0.1) is 0 Å². The fourth-order valence-electron chi connectivity index (χ4n) is 3.11. The summed E-state index contributed by atoms with van der Waals surface area (Å²) in [5, 5.41) is 2.97. The molecule has 1 heterocycles. The summed E-state index contributed by atoms with van der Waals surface area (Å²) in [5.74, 6) is 0.460. The first-order valence-electron chi connectivity index (χ1n) is 7.79. The van der Waals surface area contributed by atoms with E-state index >= 15 is 0 Å². The molecular formula is C16H26N2O2. The van der Waals surface area contributed by atoms with Crippen molar-refractivity contribution in [3.63, 3.8) is 0 Å². The number of hydrogen-bond donors (Lipinski definition) is 1. The normalized spacial score (nSPS) is 25.1. The molecule has 0 aromatic heterocycles. The SMILES string of the molecule is CC(C)=CCN1CCC(=O)NC(C2CCCCC2)C1=O. The van der Waals surface area contributed by atoms with Gasteiger partial charge in [-0.2, -0.15) is 0 Å². The van der Waals surface area contributed by atoms with Crippen molar-refractivity contribution in [3.05, 3.63) is 11.6 Å². The van der Waals surface area contributed by atoms with Gasteiger partial charge in [-0.25, -0.2) is 0 Å². The highest BCUT2D eigenvalue weighted by molar-refractivity contribution is 5.90. The fourth-order valence-corrected chi connectivity index (χ4v) is 3.11. The maximum atomic E-state index is 12.7. The number of nitrogens with zero attached hydrogens (tertiary/aromatic N) is 1. The van der Waals surface area contributed by atoms with E-state index in [1.54, 1.807) is 0 Å². The quantitative estimate of drug-likeness (QED) is 0.805. The van der Waals surface area contributed by atoms with Crippen LogP contribution in [0.5, 0.6) is 0 Å². The van der Waals surface area contributed by atoms with Crippen molar-refractivity contribution in [2.75, 3.05) is 13.1 Å². The number of nitrogens with one attached hydrogen (secondary N) is 1. The first-order chi connectivity index (χ1) is 9.58. The van der Waals surface area contributed by atoms with Crippen LogP contribution in [0.15, 0.2) is 11.6 Å². The van der Waals surface area contributed by atoms with E-state index in [4.69, 9.17) is 0 Å². The summed E-state index contributed by atoms with van der Waals surface area (Å²) in [5.41, 5.74) is 1.20. The van der Waals surface area contributed by atoms with Gasteiger partial charge in [-0.15, -0.1) is 0 Å². The summed E-state index contributed by atoms with van der Waals surface area (Å²) in [6, 6.07) is -0.295. The van der Waals surface area contributed by atoms with Crippen molar-refractivity contribution in [1.29, 1.82) is 0 Å². The smallest absolute Gasteiger partial charge is 0.245 e. The second-order valence-electron chi connectivity index (χ2n) is 6.26. The predicted octanol–water partition coefficient (Wildman–Crippen LogP) is 2.25. The molecule has 0 spiro atoms. The van der Waals surface area contributed by atoms with Crippen LogP contribution < -0.4 is 5.32 Å². The lowest BCUT2D eigenvalue weighted by Gasteiger charge is -2.31. The molecule has 112 valence electrons. The van der Waals surface area contributed by atoms with Crippen LogP contribution in [-0.4, -0.2) is 35.8 Å². The highest BCUT2D eigenvalue weighted by Crippen LogP contribution is 2.28. The van der Waals surface area contributed by atoms with E-state index in [1.807, 2.05) is 18.7 Å². The van der Waals surface area contributed by atoms with Gasteiger partial charge < -0.3 is 10.2 Å². The minimum Gasteiger partial charge on any atom is -0.344 e. The number of allylic oxidation sites excluding steroid dienone is 1. The van der Waals surface area contributed by atoms with Gasteiger partial charge in [0, 0.05) is 19.5 Å². The van der Waals surface area contributed by atoms with Crippen LogP contribution in [0.2, 0.25) is 0 Å². The highest BCUT2D eigenvalue weighted by atomic mass is 16.2. The van der Waals surface area contributed by atoms with Crippen LogP contribution in [0.1, 0.15) is 52.4 Å². The second kappa shape index (κ2) is 6.91. The molecule has 2 aliphatic rings. The Labute approximate surface area is 121 Å². The zero-order valence-electron chi connectivity index (χ0n) is 12.7. The molecule has 0 radical (unpaired) electrons. The molecule has 4 heteroatoms. The molecule has 1 aliphatic carbocycles. The van der Waals surface area contributed by atoms with Crippen LogP contribution in [0.25, 0.3) is 0 Å². The Morgan fingerprint density at radius 3 is 2.60 bits per heavy atom. The van der Waals surface area contributed by atoms with E-state index in [0.29, 0.717) is 25.4 Å². The molecule has 1 saturated carbocycles. The van der Waals surface area contributed by atoms with Gasteiger partial charge in [0.2, 0.25) is 11.8 Å². The third-order valence-electron chi connectivity index (χ3n) is 4.34. The third-order valence-corrected chi connectivity index (χ3v) is 4.34. The second-order valence-corrected chi connectivity index (χ2v) is 6.26. The van der Waals surface area contributed by atoms with Crippen LogP contribution in [-0.2, 0) is 9.59 Å². The molecule has 1 N–H and O–H groups in total. The molecule has 1 saturated heterocycles. The van der Waals surface area contributed by atoms with Crippen LogP contribution in [0.4, 0.5) is 0 Å². The Bertz CT molecular complexity index is 393. The van der Waals surface area contributed by atoms with Gasteiger partial charge in [-0.3, -0.25) is 9.59 Å². The average molecular weight is 278 g/mol. The van der Waals surface area contributed by atoms with Crippen molar-refractivity contribution in [2.45, 2.75) is 58.4 Å². The molecule has 0 aromatic rings. The van der Waals surface area contributed by atoms with Gasteiger partial charge in [0.15, 0.2) is 0 Å². The molecule has 4 nitrogen and oxygen atoms in total. The summed E-state index contributed by atoms with van der Waals surface area (Å²) in [6.45, 7) is 5.23. The molecule has 1 aliphatic heterocycles. The Balaban J connectivity index is 2.09. The molecule has 1 unspecified atom stereocenters. The minimum absolute atomic E-state index is 0.0219. The molecule has 2 fully saturated rings. The van der Waals surface area contributed by atoms with E-state index < -0.39 is 0 Å². The van der Waals surface area contributed by atoms with Crippen molar-refractivity contribution in [2.24, 2.45) is 5.92 Å². The van der Waals surface area contributed by atoms with Gasteiger partial charge in [-0.1, -0.05) is 30.9 Å². The van der Waals surface area contributed by atoms with Crippen LogP contribution in [0.3, 0.4) is 0 Å². The van der Waals surface area contributed by atoms with Gasteiger partial charge in [-0.05, 0) is 32.6 Å². The number of hydrogen-bond acceptors (Lipinski definition) is 2. The Hall–Kier alpha value is -1.32. The minimum atomic E-state index is -0.295. The first-order valence-corrected chi connectivity index (χ1v) is 7.79. The highest BCUT2D eigenvalue weighted by Gasteiger charge is 2.35. The number of carbonyl (C=O) groups is 2. The van der Waals surface area contributed by atoms with Gasteiger partial charge in [0.1, 0.15) is 6.04 Å². The molecule has 2 rings (SSSR count). The van der Waals surface area contributed by atoms with E-state index in [9.17, 15) is 9.59 Å². The summed E-state index contributed by atoms with van der Waals surface area (Å²) < 4.78 is 0. The summed E-state index contributed by atoms with van der Waals surface area (Å²) >= 11 is 0. The Morgan fingerprint density at radius 2 is 1.95 bits per heavy atom. The predicted molar refractivity (Wildman–Crippen MR) is 79.1 cm³/mol. The van der Waals surface area contributed by atoms with Crippen molar-refractivity contribution in [3.8, 4) is 0 Å². The Morgan fingerprint density at radius 1 is 1.25 bits per heavy atom. The standard InChI is InChI=1S/C16H26N2O2/c1-12(2)8-10-18-11-9-14(19)17-15(16(18)20)13-6-4-3-5-7-13/h8,13,15H,3-7,9-11H2,1-2H3,(H,17,19). The zero-order valence-corrected chi connectivity index (χ0v) is 12.7. The maximum Gasteiger partial charge on any atom is 0.245 e. The van der Waals surface area contributed by atoms with Gasteiger partial charge in [0.25, 0.3) is 0 Å². The largest absolute Gasteiger partial charge is 0.344 e. The summed E-state index contributed by atoms with van der Waals surface area (Å²) in [4.78, 5) is 26.4.